The summed E-state index contributed by atoms with van der Waals surface area (Å²) in [5, 5.41) is 0. The molecule has 1 atom stereocenters. The molecule has 164 valence electrons. The third-order valence-electron chi connectivity index (χ3n) is 6.04. The van der Waals surface area contributed by atoms with Crippen LogP contribution in [0.1, 0.15) is 149 Å². The van der Waals surface area contributed by atoms with E-state index in [9.17, 15) is 0 Å². The van der Waals surface area contributed by atoms with Gasteiger partial charge in [-0.2, -0.15) is 0 Å². The first-order valence-electron chi connectivity index (χ1n) is 12.9. The fourth-order valence-corrected chi connectivity index (χ4v) is 3.90. The lowest BCUT2D eigenvalue weighted by Crippen LogP contribution is -2.09. The van der Waals surface area contributed by atoms with Gasteiger partial charge in [-0.1, -0.05) is 136 Å². The molecule has 0 aliphatic heterocycles. The summed E-state index contributed by atoms with van der Waals surface area (Å²) < 4.78 is 5.90. The lowest BCUT2D eigenvalue weighted by atomic mass is 10.0. The molecule has 0 aromatic heterocycles. The summed E-state index contributed by atoms with van der Waals surface area (Å²) in [6.45, 7) is 8.87. The smallest absolute Gasteiger partial charge is 0.0494 e. The van der Waals surface area contributed by atoms with Gasteiger partial charge in [0.15, 0.2) is 0 Å². The van der Waals surface area contributed by atoms with Gasteiger partial charge >= 0.3 is 0 Å². The van der Waals surface area contributed by atoms with Crippen LogP contribution in [0.15, 0.2) is 0 Å². The Hall–Kier alpha value is -0.0400. The Balaban J connectivity index is 3.10. The molecule has 0 fully saturated rings. The van der Waals surface area contributed by atoms with Crippen molar-refractivity contribution in [2.75, 3.05) is 13.2 Å². The molecule has 0 aromatic carbocycles. The number of rotatable bonds is 23. The molecule has 0 N–H and O–H groups in total. The molecular formula is C26H54O. The highest BCUT2D eigenvalue weighted by Crippen LogP contribution is 2.15. The fraction of sp³-hybridized carbons (Fsp3) is 1.00. The molecule has 0 aliphatic carbocycles. The van der Waals surface area contributed by atoms with Crippen molar-refractivity contribution >= 4 is 0 Å². The van der Waals surface area contributed by atoms with Crippen LogP contribution >= 0.6 is 0 Å². The zero-order chi connectivity index (χ0) is 19.8. The van der Waals surface area contributed by atoms with E-state index in [1.165, 1.54) is 128 Å². The first-order chi connectivity index (χ1) is 13.3. The quantitative estimate of drug-likeness (QED) is 0.160. The van der Waals surface area contributed by atoms with E-state index >= 15 is 0 Å². The third-order valence-corrected chi connectivity index (χ3v) is 6.04. The number of unbranched alkanes of at least 4 members (excludes halogenated alkanes) is 16. The largest absolute Gasteiger partial charge is 0.381 e. The normalized spacial score (nSPS) is 12.6. The zero-order valence-corrected chi connectivity index (χ0v) is 19.5. The van der Waals surface area contributed by atoms with Gasteiger partial charge in [0.1, 0.15) is 0 Å². The molecule has 0 spiro atoms. The molecule has 0 aliphatic rings. The Kier molecular flexibility index (Phi) is 24.0. The molecular weight excluding hydrogens is 328 g/mol. The van der Waals surface area contributed by atoms with Crippen LogP contribution < -0.4 is 0 Å². The Morgan fingerprint density at radius 3 is 1.30 bits per heavy atom. The van der Waals surface area contributed by atoms with E-state index in [2.05, 4.69) is 20.8 Å². The van der Waals surface area contributed by atoms with Crippen LogP contribution in [0.25, 0.3) is 0 Å². The van der Waals surface area contributed by atoms with Crippen LogP contribution in [-0.2, 0) is 4.74 Å². The minimum atomic E-state index is 0.797. The van der Waals surface area contributed by atoms with Crippen LogP contribution in [0, 0.1) is 5.92 Å². The molecule has 0 aromatic rings. The van der Waals surface area contributed by atoms with Crippen molar-refractivity contribution in [3.63, 3.8) is 0 Å². The Morgan fingerprint density at radius 2 is 0.889 bits per heavy atom. The van der Waals surface area contributed by atoms with Crippen molar-refractivity contribution in [3.05, 3.63) is 0 Å². The Bertz CT molecular complexity index is 251. The van der Waals surface area contributed by atoms with Crippen LogP contribution in [0.4, 0.5) is 0 Å². The third kappa shape index (κ3) is 22.1. The molecule has 0 amide bonds. The highest BCUT2D eigenvalue weighted by atomic mass is 16.5. The second-order valence-corrected chi connectivity index (χ2v) is 8.79. The van der Waals surface area contributed by atoms with Crippen molar-refractivity contribution in [3.8, 4) is 0 Å². The predicted octanol–water partition coefficient (Wildman–Crippen LogP) is 9.48. The van der Waals surface area contributed by atoms with E-state index in [0.29, 0.717) is 0 Å². The minimum Gasteiger partial charge on any atom is -0.381 e. The number of hydrogen-bond donors (Lipinski definition) is 0. The Labute approximate surface area is 173 Å². The van der Waals surface area contributed by atoms with Crippen LogP contribution in [0.2, 0.25) is 0 Å². The van der Waals surface area contributed by atoms with Crippen molar-refractivity contribution in [1.29, 1.82) is 0 Å². The molecule has 0 saturated heterocycles. The van der Waals surface area contributed by atoms with Gasteiger partial charge < -0.3 is 4.74 Å². The van der Waals surface area contributed by atoms with Crippen LogP contribution in [0.3, 0.4) is 0 Å². The molecule has 0 radical (unpaired) electrons. The van der Waals surface area contributed by atoms with E-state index in [-0.39, 0.29) is 0 Å². The summed E-state index contributed by atoms with van der Waals surface area (Å²) in [7, 11) is 0. The minimum absolute atomic E-state index is 0.797. The SMILES string of the molecule is CCCCCCCCCCCCCCCCCCOCC(CC)CCCC. The summed E-state index contributed by atoms with van der Waals surface area (Å²) in [6, 6.07) is 0. The second kappa shape index (κ2) is 24.0. The lowest BCUT2D eigenvalue weighted by molar-refractivity contribution is 0.0908. The second-order valence-electron chi connectivity index (χ2n) is 8.79. The molecule has 27 heavy (non-hydrogen) atoms. The summed E-state index contributed by atoms with van der Waals surface area (Å²) in [5.41, 5.74) is 0. The highest BCUT2D eigenvalue weighted by molar-refractivity contribution is 4.56. The molecule has 1 heteroatoms. The summed E-state index contributed by atoms with van der Waals surface area (Å²) in [6.07, 6.45) is 28.3. The van der Waals surface area contributed by atoms with E-state index in [1.54, 1.807) is 0 Å². The monoisotopic (exact) mass is 382 g/mol. The van der Waals surface area contributed by atoms with Crippen molar-refractivity contribution in [1.82, 2.24) is 0 Å². The molecule has 0 heterocycles. The average molecular weight is 383 g/mol. The van der Waals surface area contributed by atoms with Crippen molar-refractivity contribution in [2.24, 2.45) is 5.92 Å². The van der Waals surface area contributed by atoms with Gasteiger partial charge in [-0.15, -0.1) is 0 Å². The number of hydrogen-bond acceptors (Lipinski definition) is 1. The molecule has 0 bridgehead atoms. The highest BCUT2D eigenvalue weighted by Gasteiger charge is 2.05. The van der Waals surface area contributed by atoms with Gasteiger partial charge in [0.05, 0.1) is 0 Å². The van der Waals surface area contributed by atoms with Gasteiger partial charge in [0.2, 0.25) is 0 Å². The topological polar surface area (TPSA) is 9.23 Å². The van der Waals surface area contributed by atoms with Gasteiger partial charge in [-0.3, -0.25) is 0 Å². The van der Waals surface area contributed by atoms with Crippen molar-refractivity contribution in [2.45, 2.75) is 149 Å². The summed E-state index contributed by atoms with van der Waals surface area (Å²) in [4.78, 5) is 0. The molecule has 0 saturated carbocycles. The van der Waals surface area contributed by atoms with Crippen molar-refractivity contribution < 1.29 is 4.74 Å². The average Bonchev–Trinajstić information content (AvgIpc) is 2.69. The maximum atomic E-state index is 5.90. The fourth-order valence-electron chi connectivity index (χ4n) is 3.90. The van der Waals surface area contributed by atoms with Crippen LogP contribution in [-0.4, -0.2) is 13.2 Å². The molecule has 1 nitrogen and oxygen atoms in total. The standard InChI is InChI=1S/C26H54O/c1-4-7-9-10-11-12-13-14-15-16-17-18-19-20-21-22-24-27-25-26(6-3)23-8-5-2/h26H,4-25H2,1-3H3. The van der Waals surface area contributed by atoms with E-state index in [4.69, 9.17) is 4.74 Å². The van der Waals surface area contributed by atoms with Gasteiger partial charge in [0, 0.05) is 13.2 Å². The first kappa shape index (κ1) is 27.0. The summed E-state index contributed by atoms with van der Waals surface area (Å²) in [5.74, 6) is 0.797. The predicted molar refractivity (Wildman–Crippen MR) is 124 cm³/mol. The maximum Gasteiger partial charge on any atom is 0.0494 e. The lowest BCUT2D eigenvalue weighted by Gasteiger charge is -2.14. The van der Waals surface area contributed by atoms with E-state index in [1.807, 2.05) is 0 Å². The van der Waals surface area contributed by atoms with E-state index in [0.717, 1.165) is 19.1 Å². The van der Waals surface area contributed by atoms with Gasteiger partial charge in [-0.25, -0.2) is 0 Å². The summed E-state index contributed by atoms with van der Waals surface area (Å²) >= 11 is 0. The zero-order valence-electron chi connectivity index (χ0n) is 19.5. The molecule has 1 unspecified atom stereocenters. The van der Waals surface area contributed by atoms with Gasteiger partial charge in [-0.05, 0) is 18.8 Å². The van der Waals surface area contributed by atoms with Gasteiger partial charge in [0.25, 0.3) is 0 Å². The molecule has 0 rings (SSSR count). The van der Waals surface area contributed by atoms with E-state index < -0.39 is 0 Å². The van der Waals surface area contributed by atoms with Crippen LogP contribution in [0.5, 0.6) is 0 Å². The number of ether oxygens (including phenoxy) is 1. The maximum absolute atomic E-state index is 5.90. The first-order valence-corrected chi connectivity index (χ1v) is 12.9. The Morgan fingerprint density at radius 1 is 0.481 bits per heavy atom.